The van der Waals surface area contributed by atoms with Crippen molar-refractivity contribution in [2.24, 2.45) is 11.8 Å². The number of ketones is 1. The van der Waals surface area contributed by atoms with E-state index in [9.17, 15) is 14.4 Å². The molecule has 3 aromatic rings. The van der Waals surface area contributed by atoms with Crippen LogP contribution in [0.5, 0.6) is 0 Å². The molecule has 0 spiro atoms. The number of hydrogen-bond donors (Lipinski definition) is 0. The molecule has 2 amide bonds. The highest BCUT2D eigenvalue weighted by Crippen LogP contribution is 2.49. The molecule has 0 bridgehead atoms. The molecule has 3 aliphatic rings. The standard InChI is InChI=1S/C28H22N2O3/c1-17-11-14-20(15-12-17)29-27(32)23-22-16-13-18-7-5-6-10-21(18)30(22)25(24(23)28(29)33)26(31)19-8-3-2-4-9-19/h2-16,22-25H,1H3. The van der Waals surface area contributed by atoms with Crippen molar-refractivity contribution in [2.45, 2.75) is 19.0 Å². The van der Waals surface area contributed by atoms with Crippen molar-refractivity contribution in [3.8, 4) is 0 Å². The van der Waals surface area contributed by atoms with E-state index >= 15 is 0 Å². The third-order valence-corrected chi connectivity index (χ3v) is 7.03. The zero-order valence-electron chi connectivity index (χ0n) is 18.1. The molecule has 4 atom stereocenters. The summed E-state index contributed by atoms with van der Waals surface area (Å²) in [6, 6.07) is 23.1. The van der Waals surface area contributed by atoms with Crippen molar-refractivity contribution in [1.29, 1.82) is 0 Å². The Morgan fingerprint density at radius 1 is 0.788 bits per heavy atom. The molecule has 0 aromatic heterocycles. The van der Waals surface area contributed by atoms with Gasteiger partial charge in [0.1, 0.15) is 6.04 Å². The van der Waals surface area contributed by atoms with Gasteiger partial charge in [0.15, 0.2) is 5.78 Å². The lowest BCUT2D eigenvalue weighted by atomic mass is 9.86. The quantitative estimate of drug-likeness (QED) is 0.456. The average molecular weight is 434 g/mol. The molecule has 3 aliphatic heterocycles. The van der Waals surface area contributed by atoms with Crippen LogP contribution in [0, 0.1) is 18.8 Å². The predicted octanol–water partition coefficient (Wildman–Crippen LogP) is 4.27. The monoisotopic (exact) mass is 434 g/mol. The number of carbonyl (C=O) groups excluding carboxylic acids is 3. The first-order valence-electron chi connectivity index (χ1n) is 11.2. The smallest absolute Gasteiger partial charge is 0.240 e. The largest absolute Gasteiger partial charge is 0.352 e. The Balaban J connectivity index is 1.50. The van der Waals surface area contributed by atoms with Gasteiger partial charge in [-0.2, -0.15) is 0 Å². The number of aryl methyl sites for hydroxylation is 1. The van der Waals surface area contributed by atoms with Crippen LogP contribution < -0.4 is 9.80 Å². The number of anilines is 2. The van der Waals surface area contributed by atoms with E-state index in [-0.39, 0.29) is 23.6 Å². The molecule has 0 saturated carbocycles. The molecule has 33 heavy (non-hydrogen) atoms. The van der Waals surface area contributed by atoms with Gasteiger partial charge in [-0.3, -0.25) is 14.4 Å². The zero-order valence-corrected chi connectivity index (χ0v) is 18.1. The van der Waals surface area contributed by atoms with Crippen molar-refractivity contribution < 1.29 is 14.4 Å². The van der Waals surface area contributed by atoms with Crippen LogP contribution in [0.1, 0.15) is 21.5 Å². The van der Waals surface area contributed by atoms with Gasteiger partial charge >= 0.3 is 0 Å². The van der Waals surface area contributed by atoms with E-state index in [0.29, 0.717) is 11.3 Å². The Morgan fingerprint density at radius 3 is 2.21 bits per heavy atom. The minimum Gasteiger partial charge on any atom is -0.352 e. The lowest BCUT2D eigenvalue weighted by Gasteiger charge is -2.36. The number of benzene rings is 3. The summed E-state index contributed by atoms with van der Waals surface area (Å²) in [5.41, 5.74) is 4.02. The fraction of sp³-hybridized carbons (Fsp3) is 0.179. The third-order valence-electron chi connectivity index (χ3n) is 7.03. The molecule has 0 N–H and O–H groups in total. The first kappa shape index (κ1) is 19.7. The van der Waals surface area contributed by atoms with Crippen LogP contribution in [0.25, 0.3) is 6.08 Å². The number of hydrogen-bond acceptors (Lipinski definition) is 4. The Labute approximate surface area is 191 Å². The maximum atomic E-state index is 13.8. The second kappa shape index (κ2) is 7.27. The number of imide groups is 1. The van der Waals surface area contributed by atoms with Crippen LogP contribution in [0.3, 0.4) is 0 Å². The topological polar surface area (TPSA) is 57.7 Å². The van der Waals surface area contributed by atoms with E-state index in [4.69, 9.17) is 0 Å². The van der Waals surface area contributed by atoms with E-state index in [1.54, 1.807) is 24.3 Å². The number of nitrogens with zero attached hydrogens (tertiary/aromatic N) is 2. The van der Waals surface area contributed by atoms with Crippen LogP contribution in [0.4, 0.5) is 11.4 Å². The minimum absolute atomic E-state index is 0.134. The van der Waals surface area contributed by atoms with E-state index in [0.717, 1.165) is 16.8 Å². The van der Waals surface area contributed by atoms with Gasteiger partial charge in [-0.05, 0) is 30.7 Å². The molecule has 6 rings (SSSR count). The molecule has 2 saturated heterocycles. The summed E-state index contributed by atoms with van der Waals surface area (Å²) >= 11 is 0. The fourth-order valence-corrected chi connectivity index (χ4v) is 5.54. The van der Waals surface area contributed by atoms with Crippen molar-refractivity contribution in [1.82, 2.24) is 0 Å². The van der Waals surface area contributed by atoms with Gasteiger partial charge in [0.05, 0.1) is 23.6 Å². The number of amides is 2. The Kier molecular flexibility index (Phi) is 4.34. The SMILES string of the molecule is Cc1ccc(N2C(=O)C3C(C2=O)C(C(=O)c2ccccc2)N2c4ccccc4C=CC32)cc1. The van der Waals surface area contributed by atoms with Crippen LogP contribution in [-0.4, -0.2) is 29.7 Å². The third kappa shape index (κ3) is 2.82. The molecule has 3 aromatic carbocycles. The van der Waals surface area contributed by atoms with Gasteiger partial charge < -0.3 is 4.90 Å². The summed E-state index contributed by atoms with van der Waals surface area (Å²) in [7, 11) is 0. The first-order valence-corrected chi connectivity index (χ1v) is 11.2. The molecule has 5 heteroatoms. The summed E-state index contributed by atoms with van der Waals surface area (Å²) < 4.78 is 0. The van der Waals surface area contributed by atoms with Gasteiger partial charge in [-0.15, -0.1) is 0 Å². The minimum atomic E-state index is -0.750. The Morgan fingerprint density at radius 2 is 1.45 bits per heavy atom. The summed E-state index contributed by atoms with van der Waals surface area (Å²) in [5.74, 6) is -2.03. The van der Waals surface area contributed by atoms with Gasteiger partial charge in [-0.25, -0.2) is 4.90 Å². The van der Waals surface area contributed by atoms with Gasteiger partial charge in [0.2, 0.25) is 11.8 Å². The van der Waals surface area contributed by atoms with Crippen LogP contribution in [0.2, 0.25) is 0 Å². The predicted molar refractivity (Wildman–Crippen MR) is 127 cm³/mol. The second-order valence-corrected chi connectivity index (χ2v) is 8.89. The molecular weight excluding hydrogens is 412 g/mol. The lowest BCUT2D eigenvalue weighted by molar-refractivity contribution is -0.122. The zero-order chi connectivity index (χ0) is 22.7. The Hall–Kier alpha value is -3.99. The van der Waals surface area contributed by atoms with E-state index in [1.165, 1.54) is 4.90 Å². The number of para-hydroxylation sites is 1. The lowest BCUT2D eigenvalue weighted by Crippen LogP contribution is -2.48. The van der Waals surface area contributed by atoms with Gasteiger partial charge in [-0.1, -0.05) is 78.4 Å². The molecule has 162 valence electrons. The number of fused-ring (bicyclic) bond motifs is 5. The summed E-state index contributed by atoms with van der Waals surface area (Å²) in [6.45, 7) is 1.96. The highest BCUT2D eigenvalue weighted by atomic mass is 16.2. The molecule has 5 nitrogen and oxygen atoms in total. The van der Waals surface area contributed by atoms with Crippen molar-refractivity contribution >= 4 is 35.0 Å². The van der Waals surface area contributed by atoms with Crippen molar-refractivity contribution in [2.75, 3.05) is 9.80 Å². The van der Waals surface area contributed by atoms with Crippen molar-refractivity contribution in [3.05, 3.63) is 102 Å². The van der Waals surface area contributed by atoms with E-state index in [1.807, 2.05) is 78.6 Å². The highest BCUT2D eigenvalue weighted by molar-refractivity contribution is 6.25. The molecule has 3 heterocycles. The average Bonchev–Trinajstić information content (AvgIpc) is 3.33. The number of carbonyl (C=O) groups is 3. The molecule has 0 radical (unpaired) electrons. The van der Waals surface area contributed by atoms with Crippen LogP contribution >= 0.6 is 0 Å². The molecular formula is C28H22N2O3. The maximum absolute atomic E-state index is 13.8. The fourth-order valence-electron chi connectivity index (χ4n) is 5.54. The van der Waals surface area contributed by atoms with Gasteiger partial charge in [0, 0.05) is 11.3 Å². The van der Waals surface area contributed by atoms with Gasteiger partial charge in [0.25, 0.3) is 0 Å². The van der Waals surface area contributed by atoms with E-state index in [2.05, 4.69) is 0 Å². The normalized spacial score (nSPS) is 25.1. The van der Waals surface area contributed by atoms with E-state index < -0.39 is 17.9 Å². The summed E-state index contributed by atoms with van der Waals surface area (Å²) in [6.07, 6.45) is 3.97. The summed E-state index contributed by atoms with van der Waals surface area (Å²) in [4.78, 5) is 44.6. The molecule has 2 fully saturated rings. The maximum Gasteiger partial charge on any atom is 0.240 e. The summed E-state index contributed by atoms with van der Waals surface area (Å²) in [5, 5.41) is 0. The number of Topliss-reactive ketones (excluding diaryl/α,β-unsaturated/α-hetero) is 1. The highest BCUT2D eigenvalue weighted by Gasteiger charge is 2.64. The van der Waals surface area contributed by atoms with Crippen LogP contribution in [0.15, 0.2) is 84.9 Å². The molecule has 0 aliphatic carbocycles. The molecule has 4 unspecified atom stereocenters. The van der Waals surface area contributed by atoms with Crippen LogP contribution in [-0.2, 0) is 9.59 Å². The second-order valence-electron chi connectivity index (χ2n) is 8.89. The Bertz CT molecular complexity index is 1310. The van der Waals surface area contributed by atoms with Crippen molar-refractivity contribution in [3.63, 3.8) is 0 Å². The first-order chi connectivity index (χ1) is 16.1. The number of rotatable bonds is 3.